The monoisotopic (exact) mass is 446 g/mol. The number of rotatable bonds is 6. The van der Waals surface area contributed by atoms with Crippen LogP contribution in [0, 0.1) is 0 Å². The average molecular weight is 446 g/mol. The molecule has 1 aliphatic rings. The molecule has 0 unspecified atom stereocenters. The lowest BCUT2D eigenvalue weighted by molar-refractivity contribution is -0.111. The van der Waals surface area contributed by atoms with Crippen molar-refractivity contribution in [2.45, 2.75) is 0 Å². The van der Waals surface area contributed by atoms with Gasteiger partial charge in [-0.15, -0.1) is 0 Å². The zero-order valence-electron chi connectivity index (χ0n) is 18.3. The predicted molar refractivity (Wildman–Crippen MR) is 125 cm³/mol. The molecule has 0 bridgehead atoms. The maximum atomic E-state index is 12.6. The van der Waals surface area contributed by atoms with Crippen molar-refractivity contribution in [2.75, 3.05) is 32.0 Å². The first kappa shape index (κ1) is 21.8. The number of anilines is 2. The molecule has 0 saturated heterocycles. The van der Waals surface area contributed by atoms with Crippen molar-refractivity contribution in [3.63, 3.8) is 0 Å². The molecule has 0 aliphatic carbocycles. The number of fused-ring (bicyclic) bond motifs is 2. The highest BCUT2D eigenvalue weighted by atomic mass is 16.5. The quantitative estimate of drug-likeness (QED) is 0.532. The summed E-state index contributed by atoms with van der Waals surface area (Å²) in [7, 11) is 4.57. The Morgan fingerprint density at radius 2 is 1.67 bits per heavy atom. The van der Waals surface area contributed by atoms with Crippen molar-refractivity contribution in [3.8, 4) is 28.7 Å². The molecule has 0 atom stereocenters. The molecule has 0 radical (unpaired) electrons. The lowest BCUT2D eigenvalue weighted by atomic mass is 10.1. The third-order valence-electron chi connectivity index (χ3n) is 4.96. The second-order valence-electron chi connectivity index (χ2n) is 7.04. The van der Waals surface area contributed by atoms with Crippen molar-refractivity contribution in [1.82, 2.24) is 0 Å². The second-order valence-corrected chi connectivity index (χ2v) is 7.04. The fraction of sp³-hybridized carbons (Fsp3) is 0.120. The summed E-state index contributed by atoms with van der Waals surface area (Å²) in [6.07, 6.45) is 2.99. The number of carbonyl (C=O) groups excluding carboxylic acids is 2. The highest BCUT2D eigenvalue weighted by molar-refractivity contribution is 6.09. The van der Waals surface area contributed by atoms with E-state index in [1.165, 1.54) is 27.4 Å². The van der Waals surface area contributed by atoms with Gasteiger partial charge in [0.25, 0.3) is 5.91 Å². The fourth-order valence-corrected chi connectivity index (χ4v) is 3.39. The standard InChI is InChI=1S/C25H22N2O6/c1-30-21-12-15(13-22(31-2)24(21)32-3)8-11-23(28)26-16-9-10-19-17(14-16)25(29)27-18-6-4-5-7-20(18)33-19/h4-14H,1-3H3,(H,26,28)(H,27,29)/b11-8+. The number of amides is 2. The van der Waals surface area contributed by atoms with Gasteiger partial charge in [-0.1, -0.05) is 12.1 Å². The van der Waals surface area contributed by atoms with Crippen LogP contribution >= 0.6 is 0 Å². The van der Waals surface area contributed by atoms with E-state index in [-0.39, 0.29) is 11.8 Å². The van der Waals surface area contributed by atoms with E-state index < -0.39 is 0 Å². The largest absolute Gasteiger partial charge is 0.493 e. The van der Waals surface area contributed by atoms with E-state index in [0.29, 0.717) is 51.2 Å². The molecule has 8 nitrogen and oxygen atoms in total. The Hall–Kier alpha value is -4.46. The Bertz CT molecular complexity index is 1230. The first-order valence-electron chi connectivity index (χ1n) is 10.0. The molecule has 1 aliphatic heterocycles. The number of para-hydroxylation sites is 2. The Morgan fingerprint density at radius 3 is 2.36 bits per heavy atom. The number of nitrogens with one attached hydrogen (secondary N) is 2. The average Bonchev–Trinajstić information content (AvgIpc) is 2.97. The van der Waals surface area contributed by atoms with Crippen LogP contribution in [0.5, 0.6) is 28.7 Å². The van der Waals surface area contributed by atoms with Gasteiger partial charge in [0.15, 0.2) is 17.2 Å². The minimum atomic E-state index is -0.373. The lowest BCUT2D eigenvalue weighted by Gasteiger charge is -2.12. The Morgan fingerprint density at radius 1 is 0.939 bits per heavy atom. The van der Waals surface area contributed by atoms with Gasteiger partial charge in [0.05, 0.1) is 32.6 Å². The molecular formula is C25H22N2O6. The summed E-state index contributed by atoms with van der Waals surface area (Å²) in [5.41, 5.74) is 2.04. The van der Waals surface area contributed by atoms with Crippen molar-refractivity contribution in [1.29, 1.82) is 0 Å². The van der Waals surface area contributed by atoms with E-state index in [4.69, 9.17) is 18.9 Å². The van der Waals surface area contributed by atoms with E-state index in [1.807, 2.05) is 12.1 Å². The molecule has 168 valence electrons. The molecule has 1 heterocycles. The van der Waals surface area contributed by atoms with Crippen LogP contribution < -0.4 is 29.6 Å². The lowest BCUT2D eigenvalue weighted by Crippen LogP contribution is -2.12. The van der Waals surface area contributed by atoms with Gasteiger partial charge in [0.2, 0.25) is 11.7 Å². The van der Waals surface area contributed by atoms with E-state index in [9.17, 15) is 9.59 Å². The van der Waals surface area contributed by atoms with Gasteiger partial charge in [0, 0.05) is 11.8 Å². The Kier molecular flexibility index (Phi) is 6.17. The third-order valence-corrected chi connectivity index (χ3v) is 4.96. The van der Waals surface area contributed by atoms with E-state index in [0.717, 1.165) is 0 Å². The van der Waals surface area contributed by atoms with Crippen LogP contribution in [0.15, 0.2) is 60.7 Å². The van der Waals surface area contributed by atoms with Crippen molar-refractivity contribution >= 4 is 29.3 Å². The highest BCUT2D eigenvalue weighted by Gasteiger charge is 2.21. The fourth-order valence-electron chi connectivity index (χ4n) is 3.39. The molecular weight excluding hydrogens is 424 g/mol. The third kappa shape index (κ3) is 4.59. The van der Waals surface area contributed by atoms with Crippen LogP contribution in [0.25, 0.3) is 6.08 Å². The van der Waals surface area contributed by atoms with Gasteiger partial charge in [-0.25, -0.2) is 0 Å². The minimum Gasteiger partial charge on any atom is -0.493 e. The number of carbonyl (C=O) groups is 2. The molecule has 3 aromatic rings. The molecule has 0 saturated carbocycles. The number of methoxy groups -OCH3 is 3. The normalized spacial score (nSPS) is 12.0. The van der Waals surface area contributed by atoms with E-state index in [1.54, 1.807) is 48.5 Å². The molecule has 0 spiro atoms. The molecule has 0 fully saturated rings. The van der Waals surface area contributed by atoms with Crippen molar-refractivity contribution in [2.24, 2.45) is 0 Å². The summed E-state index contributed by atoms with van der Waals surface area (Å²) >= 11 is 0. The number of hydrogen-bond acceptors (Lipinski definition) is 6. The summed E-state index contributed by atoms with van der Waals surface area (Å²) in [6.45, 7) is 0. The Balaban J connectivity index is 1.52. The number of benzene rings is 3. The van der Waals surface area contributed by atoms with Crippen LogP contribution in [0.4, 0.5) is 11.4 Å². The number of ether oxygens (including phenoxy) is 4. The zero-order chi connectivity index (χ0) is 23.4. The van der Waals surface area contributed by atoms with Crippen LogP contribution in [0.2, 0.25) is 0 Å². The van der Waals surface area contributed by atoms with Crippen LogP contribution in [0.1, 0.15) is 15.9 Å². The summed E-state index contributed by atoms with van der Waals surface area (Å²) in [5, 5.41) is 5.57. The highest BCUT2D eigenvalue weighted by Crippen LogP contribution is 2.39. The first-order chi connectivity index (χ1) is 16.0. The molecule has 2 amide bonds. The predicted octanol–water partition coefficient (Wildman–Crippen LogP) is 4.72. The van der Waals surface area contributed by atoms with Crippen molar-refractivity contribution < 1.29 is 28.5 Å². The van der Waals surface area contributed by atoms with E-state index in [2.05, 4.69) is 10.6 Å². The first-order valence-corrected chi connectivity index (χ1v) is 10.0. The van der Waals surface area contributed by atoms with Gasteiger partial charge in [-0.05, 0) is 54.1 Å². The molecule has 8 heteroatoms. The maximum absolute atomic E-state index is 12.6. The Labute approximate surface area is 190 Å². The summed E-state index contributed by atoms with van der Waals surface area (Å²) in [6, 6.07) is 15.5. The molecule has 3 aromatic carbocycles. The summed E-state index contributed by atoms with van der Waals surface area (Å²) in [5.74, 6) is 1.69. The molecule has 0 aromatic heterocycles. The second kappa shape index (κ2) is 9.35. The van der Waals surface area contributed by atoms with Gasteiger partial charge < -0.3 is 29.6 Å². The number of hydrogen-bond donors (Lipinski definition) is 2. The van der Waals surface area contributed by atoms with Crippen LogP contribution in [-0.2, 0) is 4.79 Å². The zero-order valence-corrected chi connectivity index (χ0v) is 18.3. The SMILES string of the molecule is COc1cc(/C=C/C(=O)Nc2ccc3c(c2)C(=O)Nc2ccccc2O3)cc(OC)c1OC. The molecule has 2 N–H and O–H groups in total. The topological polar surface area (TPSA) is 95.1 Å². The maximum Gasteiger partial charge on any atom is 0.259 e. The molecule has 33 heavy (non-hydrogen) atoms. The summed E-state index contributed by atoms with van der Waals surface area (Å²) < 4.78 is 21.8. The van der Waals surface area contributed by atoms with Crippen molar-refractivity contribution in [3.05, 3.63) is 71.8 Å². The van der Waals surface area contributed by atoms with Gasteiger partial charge in [-0.3, -0.25) is 9.59 Å². The minimum absolute atomic E-state index is 0.317. The van der Waals surface area contributed by atoms with Crippen LogP contribution in [-0.4, -0.2) is 33.1 Å². The van der Waals surface area contributed by atoms with E-state index >= 15 is 0 Å². The summed E-state index contributed by atoms with van der Waals surface area (Å²) in [4.78, 5) is 25.1. The van der Waals surface area contributed by atoms with Gasteiger partial charge in [0.1, 0.15) is 5.75 Å². The smallest absolute Gasteiger partial charge is 0.259 e. The van der Waals surface area contributed by atoms with Gasteiger partial charge >= 0.3 is 0 Å². The molecule has 4 rings (SSSR count). The van der Waals surface area contributed by atoms with Gasteiger partial charge in [-0.2, -0.15) is 0 Å². The van der Waals surface area contributed by atoms with Crippen LogP contribution in [0.3, 0.4) is 0 Å².